The zero-order chi connectivity index (χ0) is 19.3. The van der Waals surface area contributed by atoms with E-state index in [-0.39, 0.29) is 35.6 Å². The van der Waals surface area contributed by atoms with Crippen LogP contribution in [0.15, 0.2) is 24.3 Å². The van der Waals surface area contributed by atoms with E-state index in [1.54, 1.807) is 0 Å². The maximum absolute atomic E-state index is 12.6. The highest BCUT2D eigenvalue weighted by atomic mass is 35.5. The van der Waals surface area contributed by atoms with Crippen LogP contribution in [0.4, 0.5) is 0 Å². The van der Waals surface area contributed by atoms with E-state index < -0.39 is 6.04 Å². The van der Waals surface area contributed by atoms with Crippen molar-refractivity contribution < 1.29 is 9.59 Å². The molecule has 2 atom stereocenters. The molecule has 3 N–H and O–H groups in total. The van der Waals surface area contributed by atoms with Gasteiger partial charge in [-0.25, -0.2) is 0 Å². The second-order valence-electron chi connectivity index (χ2n) is 8.56. The van der Waals surface area contributed by atoms with Gasteiger partial charge in [0.25, 0.3) is 5.91 Å². The van der Waals surface area contributed by atoms with E-state index in [0.717, 1.165) is 19.4 Å². The van der Waals surface area contributed by atoms with Crippen LogP contribution >= 0.6 is 12.4 Å². The van der Waals surface area contributed by atoms with Gasteiger partial charge in [0.2, 0.25) is 5.91 Å². The summed E-state index contributed by atoms with van der Waals surface area (Å²) in [5.41, 5.74) is 1.80. The Hall–Kier alpha value is -1.59. The lowest BCUT2D eigenvalue weighted by Crippen LogP contribution is -2.51. The first-order valence-corrected chi connectivity index (χ1v) is 9.61. The summed E-state index contributed by atoms with van der Waals surface area (Å²) in [5, 5.41) is 9.23. The topological polar surface area (TPSA) is 70.2 Å². The molecule has 1 aromatic rings. The van der Waals surface area contributed by atoms with Crippen LogP contribution in [0.2, 0.25) is 0 Å². The Bertz CT molecular complexity index is 617. The predicted octanol–water partition coefficient (Wildman–Crippen LogP) is 3.03. The van der Waals surface area contributed by atoms with Gasteiger partial charge in [-0.3, -0.25) is 9.59 Å². The molecule has 152 valence electrons. The summed E-state index contributed by atoms with van der Waals surface area (Å²) in [4.78, 5) is 25.1. The van der Waals surface area contributed by atoms with E-state index >= 15 is 0 Å². The van der Waals surface area contributed by atoms with Gasteiger partial charge >= 0.3 is 0 Å². The molecule has 2 unspecified atom stereocenters. The van der Waals surface area contributed by atoms with Crippen molar-refractivity contribution in [3.63, 3.8) is 0 Å². The summed E-state index contributed by atoms with van der Waals surface area (Å²) in [7, 11) is 0. The van der Waals surface area contributed by atoms with Crippen molar-refractivity contribution >= 4 is 24.2 Å². The Morgan fingerprint density at radius 2 is 1.81 bits per heavy atom. The van der Waals surface area contributed by atoms with Crippen LogP contribution in [-0.2, 0) is 10.2 Å². The standard InChI is InChI=1S/C21H33N3O2.ClH/c1-14(2)18(20(26)23-13-17-7-6-12-22-17)24-19(25)15-8-10-16(11-9-15)21(3,4)5;/h8-11,14,17-18,22H,6-7,12-13H2,1-5H3,(H,23,26)(H,24,25);1H. The number of hydrogen-bond acceptors (Lipinski definition) is 3. The summed E-state index contributed by atoms with van der Waals surface area (Å²) >= 11 is 0. The first kappa shape index (κ1) is 23.4. The van der Waals surface area contributed by atoms with Gasteiger partial charge in [-0.15, -0.1) is 12.4 Å². The van der Waals surface area contributed by atoms with Crippen molar-refractivity contribution in [2.24, 2.45) is 5.92 Å². The van der Waals surface area contributed by atoms with Crippen LogP contribution in [-0.4, -0.2) is 37.0 Å². The Balaban J connectivity index is 0.00000364. The van der Waals surface area contributed by atoms with Crippen LogP contribution in [0.5, 0.6) is 0 Å². The number of carbonyl (C=O) groups excluding carboxylic acids is 2. The number of rotatable bonds is 6. The quantitative estimate of drug-likeness (QED) is 0.693. The van der Waals surface area contributed by atoms with Crippen LogP contribution in [0.3, 0.4) is 0 Å². The van der Waals surface area contributed by atoms with Crippen molar-refractivity contribution in [1.29, 1.82) is 0 Å². The largest absolute Gasteiger partial charge is 0.353 e. The molecule has 1 heterocycles. The molecule has 27 heavy (non-hydrogen) atoms. The Labute approximate surface area is 169 Å². The maximum Gasteiger partial charge on any atom is 0.251 e. The molecular weight excluding hydrogens is 362 g/mol. The van der Waals surface area contributed by atoms with E-state index in [1.165, 1.54) is 5.56 Å². The molecule has 0 saturated carbocycles. The first-order chi connectivity index (χ1) is 12.2. The molecule has 2 rings (SSSR count). The minimum absolute atomic E-state index is 0. The molecule has 5 nitrogen and oxygen atoms in total. The normalized spacial score (nSPS) is 17.9. The Morgan fingerprint density at radius 1 is 1.19 bits per heavy atom. The van der Waals surface area contributed by atoms with Crippen LogP contribution < -0.4 is 16.0 Å². The highest BCUT2D eigenvalue weighted by Gasteiger charge is 2.26. The minimum atomic E-state index is -0.536. The summed E-state index contributed by atoms with van der Waals surface area (Å²) in [6.45, 7) is 11.9. The molecule has 1 fully saturated rings. The van der Waals surface area contributed by atoms with Crippen LogP contribution in [0.25, 0.3) is 0 Å². The smallest absolute Gasteiger partial charge is 0.251 e. The molecule has 1 saturated heterocycles. The second-order valence-corrected chi connectivity index (χ2v) is 8.56. The third-order valence-corrected chi connectivity index (χ3v) is 4.93. The highest BCUT2D eigenvalue weighted by Crippen LogP contribution is 2.22. The molecule has 2 amide bonds. The van der Waals surface area contributed by atoms with Crippen molar-refractivity contribution in [2.75, 3.05) is 13.1 Å². The van der Waals surface area contributed by atoms with E-state index in [0.29, 0.717) is 18.2 Å². The third kappa shape index (κ3) is 6.82. The van der Waals surface area contributed by atoms with E-state index in [1.807, 2.05) is 38.1 Å². The van der Waals surface area contributed by atoms with Gasteiger partial charge in [-0.2, -0.15) is 0 Å². The van der Waals surface area contributed by atoms with Crippen molar-refractivity contribution in [2.45, 2.75) is 65.0 Å². The molecule has 0 spiro atoms. The molecule has 0 bridgehead atoms. The maximum atomic E-state index is 12.6. The number of carbonyl (C=O) groups is 2. The number of benzene rings is 1. The average Bonchev–Trinajstić information content (AvgIpc) is 3.10. The lowest BCUT2D eigenvalue weighted by atomic mass is 9.86. The van der Waals surface area contributed by atoms with Gasteiger partial charge in [0, 0.05) is 18.2 Å². The Kier molecular flexibility index (Phi) is 8.76. The van der Waals surface area contributed by atoms with Crippen molar-refractivity contribution in [1.82, 2.24) is 16.0 Å². The molecule has 0 aliphatic carbocycles. The van der Waals surface area contributed by atoms with Gasteiger partial charge in [0.05, 0.1) is 0 Å². The molecule has 1 aromatic carbocycles. The van der Waals surface area contributed by atoms with E-state index in [9.17, 15) is 9.59 Å². The summed E-state index contributed by atoms with van der Waals surface area (Å²) < 4.78 is 0. The third-order valence-electron chi connectivity index (χ3n) is 4.93. The number of halogens is 1. The molecule has 0 aromatic heterocycles. The lowest BCUT2D eigenvalue weighted by Gasteiger charge is -2.23. The summed E-state index contributed by atoms with van der Waals surface area (Å²) in [5.74, 6) is -0.309. The zero-order valence-corrected chi connectivity index (χ0v) is 17.9. The molecule has 1 aliphatic rings. The minimum Gasteiger partial charge on any atom is -0.353 e. The molecule has 6 heteroatoms. The van der Waals surface area contributed by atoms with Gasteiger partial charge in [0.15, 0.2) is 0 Å². The zero-order valence-electron chi connectivity index (χ0n) is 17.1. The van der Waals surface area contributed by atoms with Crippen LogP contribution in [0, 0.1) is 5.92 Å². The second kappa shape index (κ2) is 10.1. The van der Waals surface area contributed by atoms with Crippen molar-refractivity contribution in [3.05, 3.63) is 35.4 Å². The van der Waals surface area contributed by atoms with Crippen molar-refractivity contribution in [3.8, 4) is 0 Å². The first-order valence-electron chi connectivity index (χ1n) is 9.61. The summed E-state index contributed by atoms with van der Waals surface area (Å²) in [6, 6.07) is 7.41. The van der Waals surface area contributed by atoms with Gasteiger partial charge in [-0.1, -0.05) is 46.8 Å². The molecular formula is C21H34ClN3O2. The fourth-order valence-electron chi connectivity index (χ4n) is 3.15. The number of hydrogen-bond donors (Lipinski definition) is 3. The SMILES string of the molecule is CC(C)C(NC(=O)c1ccc(C(C)(C)C)cc1)C(=O)NCC1CCCN1.Cl. The van der Waals surface area contributed by atoms with E-state index in [4.69, 9.17) is 0 Å². The van der Waals surface area contributed by atoms with Gasteiger partial charge in [-0.05, 0) is 48.4 Å². The number of amides is 2. The monoisotopic (exact) mass is 395 g/mol. The van der Waals surface area contributed by atoms with Crippen LogP contribution in [0.1, 0.15) is 63.4 Å². The van der Waals surface area contributed by atoms with Gasteiger partial charge < -0.3 is 16.0 Å². The van der Waals surface area contributed by atoms with Gasteiger partial charge in [0.1, 0.15) is 6.04 Å². The fraction of sp³-hybridized carbons (Fsp3) is 0.619. The Morgan fingerprint density at radius 3 is 2.30 bits per heavy atom. The fourth-order valence-corrected chi connectivity index (χ4v) is 3.15. The molecule has 1 aliphatic heterocycles. The predicted molar refractivity (Wildman–Crippen MR) is 113 cm³/mol. The molecule has 0 radical (unpaired) electrons. The average molecular weight is 396 g/mol. The highest BCUT2D eigenvalue weighted by molar-refractivity contribution is 5.97. The van der Waals surface area contributed by atoms with E-state index in [2.05, 4.69) is 36.7 Å². The number of nitrogens with one attached hydrogen (secondary N) is 3. The lowest BCUT2D eigenvalue weighted by molar-refractivity contribution is -0.124. The summed E-state index contributed by atoms with van der Waals surface area (Å²) in [6.07, 6.45) is 2.23.